The molecule has 2 rings (SSSR count). The molecule has 0 aliphatic carbocycles. The van der Waals surface area contributed by atoms with Gasteiger partial charge in [0.15, 0.2) is 5.96 Å². The van der Waals surface area contributed by atoms with Gasteiger partial charge in [-0.1, -0.05) is 19.9 Å². The van der Waals surface area contributed by atoms with E-state index in [1.807, 2.05) is 38.2 Å². The minimum Gasteiger partial charge on any atom is -0.497 e. The molecule has 1 fully saturated rings. The average molecular weight is 377 g/mol. The lowest BCUT2D eigenvalue weighted by molar-refractivity contribution is 0.186. The fourth-order valence-corrected chi connectivity index (χ4v) is 3.35. The number of likely N-dealkylation sites (tertiary alicyclic amines) is 1. The van der Waals surface area contributed by atoms with Crippen molar-refractivity contribution in [2.75, 3.05) is 40.3 Å². The molecule has 1 aliphatic heterocycles. The number of nitrogens with zero attached hydrogens (tertiary/aromatic N) is 2. The maximum absolute atomic E-state index is 5.96. The van der Waals surface area contributed by atoms with Gasteiger partial charge in [-0.2, -0.15) is 0 Å². The van der Waals surface area contributed by atoms with Gasteiger partial charge in [0.05, 0.1) is 13.7 Å². The summed E-state index contributed by atoms with van der Waals surface area (Å²) < 4.78 is 11.2. The highest BCUT2D eigenvalue weighted by atomic mass is 16.5. The zero-order valence-electron chi connectivity index (χ0n) is 17.5. The van der Waals surface area contributed by atoms with Crippen LogP contribution in [0.25, 0.3) is 0 Å². The van der Waals surface area contributed by atoms with Crippen LogP contribution in [0.2, 0.25) is 0 Å². The van der Waals surface area contributed by atoms with Gasteiger partial charge in [-0.15, -0.1) is 0 Å². The van der Waals surface area contributed by atoms with E-state index in [4.69, 9.17) is 9.47 Å². The Labute approximate surface area is 164 Å². The molecule has 0 aromatic heterocycles. The zero-order valence-corrected chi connectivity index (χ0v) is 17.5. The fraction of sp³-hybridized carbons (Fsp3) is 0.667. The lowest BCUT2D eigenvalue weighted by atomic mass is 10.0. The summed E-state index contributed by atoms with van der Waals surface area (Å²) in [7, 11) is 3.48. The number of ether oxygens (including phenoxy) is 2. The van der Waals surface area contributed by atoms with Crippen LogP contribution >= 0.6 is 0 Å². The van der Waals surface area contributed by atoms with E-state index in [1.165, 1.54) is 6.54 Å². The standard InChI is InChI=1S/C21H36N4O2/c1-16(2)15-25-11-9-18(10-12-25)24-21(22-4)23-14-17(3)27-20-8-6-7-19(13-20)26-5/h6-8,13,16-18H,9-12,14-15H2,1-5H3,(H2,22,23,24). The van der Waals surface area contributed by atoms with Crippen LogP contribution in [0.3, 0.4) is 0 Å². The molecule has 0 bridgehead atoms. The van der Waals surface area contributed by atoms with Crippen molar-refractivity contribution in [3.05, 3.63) is 24.3 Å². The minimum absolute atomic E-state index is 0.0172. The van der Waals surface area contributed by atoms with Crippen LogP contribution in [0.15, 0.2) is 29.3 Å². The highest BCUT2D eigenvalue weighted by Gasteiger charge is 2.20. The molecule has 6 nitrogen and oxygen atoms in total. The van der Waals surface area contributed by atoms with Crippen LogP contribution in [0.4, 0.5) is 0 Å². The molecule has 6 heteroatoms. The van der Waals surface area contributed by atoms with Crippen molar-refractivity contribution < 1.29 is 9.47 Å². The topological polar surface area (TPSA) is 58.1 Å². The van der Waals surface area contributed by atoms with Crippen molar-refractivity contribution in [3.8, 4) is 11.5 Å². The molecule has 2 N–H and O–H groups in total. The molecule has 0 spiro atoms. The molecular formula is C21H36N4O2. The Morgan fingerprint density at radius 3 is 2.56 bits per heavy atom. The molecule has 152 valence electrons. The monoisotopic (exact) mass is 376 g/mol. The Hall–Kier alpha value is -1.95. The van der Waals surface area contributed by atoms with Crippen molar-refractivity contribution in [3.63, 3.8) is 0 Å². The molecule has 0 saturated carbocycles. The molecule has 27 heavy (non-hydrogen) atoms. The molecule has 1 heterocycles. The summed E-state index contributed by atoms with van der Waals surface area (Å²) >= 11 is 0. The molecule has 1 unspecified atom stereocenters. The third-order valence-electron chi connectivity index (χ3n) is 4.71. The molecule has 1 saturated heterocycles. The fourth-order valence-electron chi connectivity index (χ4n) is 3.35. The van der Waals surface area contributed by atoms with Gasteiger partial charge in [0, 0.05) is 38.8 Å². The number of hydrogen-bond donors (Lipinski definition) is 2. The maximum atomic E-state index is 5.96. The van der Waals surface area contributed by atoms with Crippen LogP contribution in [0.5, 0.6) is 11.5 Å². The lowest BCUT2D eigenvalue weighted by Gasteiger charge is -2.34. The highest BCUT2D eigenvalue weighted by Crippen LogP contribution is 2.19. The average Bonchev–Trinajstić information content (AvgIpc) is 2.66. The van der Waals surface area contributed by atoms with Gasteiger partial charge in [0.1, 0.15) is 17.6 Å². The van der Waals surface area contributed by atoms with Gasteiger partial charge in [-0.25, -0.2) is 0 Å². The molecule has 1 aromatic rings. The zero-order chi connectivity index (χ0) is 19.6. The number of guanidine groups is 1. The van der Waals surface area contributed by atoms with Crippen LogP contribution in [0.1, 0.15) is 33.6 Å². The van der Waals surface area contributed by atoms with E-state index < -0.39 is 0 Å². The Kier molecular flexibility index (Phi) is 8.72. The van der Waals surface area contributed by atoms with E-state index >= 15 is 0 Å². The van der Waals surface area contributed by atoms with Crippen LogP contribution in [-0.2, 0) is 0 Å². The lowest BCUT2D eigenvalue weighted by Crippen LogP contribution is -2.50. The summed E-state index contributed by atoms with van der Waals surface area (Å²) in [6.45, 7) is 10.8. The van der Waals surface area contributed by atoms with Crippen LogP contribution in [-0.4, -0.2) is 63.3 Å². The van der Waals surface area contributed by atoms with Crippen molar-refractivity contribution >= 4 is 5.96 Å². The van der Waals surface area contributed by atoms with E-state index in [2.05, 4.69) is 34.4 Å². The van der Waals surface area contributed by atoms with Gasteiger partial charge in [-0.05, 0) is 37.8 Å². The number of methoxy groups -OCH3 is 1. The first-order valence-electron chi connectivity index (χ1n) is 10.0. The van der Waals surface area contributed by atoms with Gasteiger partial charge in [0.25, 0.3) is 0 Å². The molecule has 1 aliphatic rings. The maximum Gasteiger partial charge on any atom is 0.191 e. The van der Waals surface area contributed by atoms with Gasteiger partial charge in [0.2, 0.25) is 0 Å². The second-order valence-corrected chi connectivity index (χ2v) is 7.67. The summed E-state index contributed by atoms with van der Waals surface area (Å²) in [6.07, 6.45) is 2.33. The summed E-state index contributed by atoms with van der Waals surface area (Å²) in [6, 6.07) is 8.16. The third-order valence-corrected chi connectivity index (χ3v) is 4.71. The first-order valence-corrected chi connectivity index (χ1v) is 10.0. The number of nitrogens with one attached hydrogen (secondary N) is 2. The predicted octanol–water partition coefficient (Wildman–Crippen LogP) is 2.75. The molecule has 1 aromatic carbocycles. The second-order valence-electron chi connectivity index (χ2n) is 7.67. The van der Waals surface area contributed by atoms with Crippen molar-refractivity contribution in [2.45, 2.75) is 45.8 Å². The quantitative estimate of drug-likeness (QED) is 0.540. The molecule has 1 atom stereocenters. The summed E-state index contributed by atoms with van der Waals surface area (Å²) in [5.74, 6) is 3.19. The molecule has 0 amide bonds. The third kappa shape index (κ3) is 7.67. The number of piperidine rings is 1. The van der Waals surface area contributed by atoms with Gasteiger partial charge < -0.3 is 25.0 Å². The van der Waals surface area contributed by atoms with Crippen LogP contribution < -0.4 is 20.1 Å². The number of benzene rings is 1. The summed E-state index contributed by atoms with van der Waals surface area (Å²) in [5, 5.41) is 6.93. The second kappa shape index (κ2) is 11.0. The van der Waals surface area contributed by atoms with E-state index in [0.717, 1.165) is 49.3 Å². The van der Waals surface area contributed by atoms with Crippen LogP contribution in [0, 0.1) is 5.92 Å². The highest BCUT2D eigenvalue weighted by molar-refractivity contribution is 5.80. The number of hydrogen-bond acceptors (Lipinski definition) is 4. The van der Waals surface area contributed by atoms with E-state index in [-0.39, 0.29) is 6.10 Å². The van der Waals surface area contributed by atoms with Crippen molar-refractivity contribution in [2.24, 2.45) is 10.9 Å². The largest absolute Gasteiger partial charge is 0.497 e. The Bertz CT molecular complexity index is 583. The predicted molar refractivity (Wildman–Crippen MR) is 112 cm³/mol. The van der Waals surface area contributed by atoms with Crippen molar-refractivity contribution in [1.82, 2.24) is 15.5 Å². The van der Waals surface area contributed by atoms with Gasteiger partial charge in [-0.3, -0.25) is 4.99 Å². The first-order chi connectivity index (χ1) is 13.0. The molecular weight excluding hydrogens is 340 g/mol. The number of rotatable bonds is 8. The van der Waals surface area contributed by atoms with E-state index in [1.54, 1.807) is 7.11 Å². The summed E-state index contributed by atoms with van der Waals surface area (Å²) in [5.41, 5.74) is 0. The molecule has 0 radical (unpaired) electrons. The summed E-state index contributed by atoms with van der Waals surface area (Å²) in [4.78, 5) is 6.92. The Balaban J connectivity index is 1.72. The SMILES string of the molecule is CN=C(NCC(C)Oc1cccc(OC)c1)NC1CCN(CC(C)C)CC1. The smallest absolute Gasteiger partial charge is 0.191 e. The van der Waals surface area contributed by atoms with E-state index in [9.17, 15) is 0 Å². The normalized spacial score (nSPS) is 17.6. The Morgan fingerprint density at radius 2 is 1.93 bits per heavy atom. The minimum atomic E-state index is 0.0172. The van der Waals surface area contributed by atoms with Gasteiger partial charge >= 0.3 is 0 Å². The van der Waals surface area contributed by atoms with E-state index in [0.29, 0.717) is 12.6 Å². The number of aliphatic imine (C=N–C) groups is 1. The Morgan fingerprint density at radius 1 is 1.22 bits per heavy atom. The van der Waals surface area contributed by atoms with Crippen molar-refractivity contribution in [1.29, 1.82) is 0 Å². The first kappa shape index (κ1) is 21.4.